The molecule has 0 unspecified atom stereocenters. The topological polar surface area (TPSA) is 116 Å². The highest BCUT2D eigenvalue weighted by molar-refractivity contribution is 7.20. The Bertz CT molecular complexity index is 1370. The maximum absolute atomic E-state index is 13.4. The number of pyridine rings is 1. The number of carbonyl (C=O) groups excluding carboxylic acids is 1. The van der Waals surface area contributed by atoms with E-state index in [9.17, 15) is 4.79 Å². The quantitative estimate of drug-likeness (QED) is 0.274. The number of imidazole rings is 1. The SMILES string of the molecule is CCCCc1nc2c(N)nc3cc(C4CCN(C(=O)C5CCC(COCCO)CC5)CC4)sc3c2n1CC1CCOCC1. The van der Waals surface area contributed by atoms with Gasteiger partial charge in [-0.2, -0.15) is 0 Å². The molecule has 1 amide bonds. The number of unbranched alkanes of at least 4 members (excludes halogenated alkanes) is 1. The van der Waals surface area contributed by atoms with Crippen LogP contribution in [0.1, 0.15) is 87.8 Å². The number of nitrogens with zero attached hydrogens (tertiary/aromatic N) is 4. The number of amides is 1. The molecule has 3 aromatic rings. The first-order valence-electron chi connectivity index (χ1n) is 16.7. The van der Waals surface area contributed by atoms with Gasteiger partial charge in [0, 0.05) is 56.7 Å². The Morgan fingerprint density at radius 1 is 1.09 bits per heavy atom. The number of carbonyl (C=O) groups is 1. The number of aromatic nitrogens is 3. The molecule has 0 bridgehead atoms. The van der Waals surface area contributed by atoms with Gasteiger partial charge >= 0.3 is 0 Å². The number of ether oxygens (including phenoxy) is 2. The second-order valence-electron chi connectivity index (χ2n) is 13.0. The van der Waals surface area contributed by atoms with E-state index in [1.807, 2.05) is 11.3 Å². The molecule has 0 radical (unpaired) electrons. The highest BCUT2D eigenvalue weighted by atomic mass is 32.1. The molecule has 3 aliphatic rings. The number of rotatable bonds is 11. The third kappa shape index (κ3) is 6.87. The molecule has 9 nitrogen and oxygen atoms in total. The molecule has 0 spiro atoms. The minimum absolute atomic E-state index is 0.0709. The highest BCUT2D eigenvalue weighted by Crippen LogP contribution is 2.41. The van der Waals surface area contributed by atoms with Crippen molar-refractivity contribution in [2.75, 3.05) is 51.9 Å². The van der Waals surface area contributed by atoms with Gasteiger partial charge < -0.3 is 29.8 Å². The van der Waals surface area contributed by atoms with Crippen molar-refractivity contribution in [2.45, 2.75) is 90.0 Å². The van der Waals surface area contributed by atoms with Gasteiger partial charge in [-0.05, 0) is 81.6 Å². The number of aliphatic hydroxyl groups excluding tert-OH is 1. The maximum atomic E-state index is 13.4. The Balaban J connectivity index is 1.16. The summed E-state index contributed by atoms with van der Waals surface area (Å²) in [5, 5.41) is 8.94. The number of aryl methyl sites for hydroxylation is 1. The summed E-state index contributed by atoms with van der Waals surface area (Å²) in [6.07, 6.45) is 11.3. The molecule has 2 saturated heterocycles. The number of likely N-dealkylation sites (tertiary alicyclic amines) is 1. The number of hydrogen-bond donors (Lipinski definition) is 2. The van der Waals surface area contributed by atoms with Crippen LogP contribution in [0, 0.1) is 17.8 Å². The van der Waals surface area contributed by atoms with Gasteiger partial charge in [0.15, 0.2) is 5.82 Å². The van der Waals surface area contributed by atoms with Gasteiger partial charge in [0.1, 0.15) is 11.3 Å². The lowest BCUT2D eigenvalue weighted by Crippen LogP contribution is -2.42. The van der Waals surface area contributed by atoms with E-state index in [0.29, 0.717) is 42.7 Å². The lowest BCUT2D eigenvalue weighted by molar-refractivity contribution is -0.138. The van der Waals surface area contributed by atoms with Gasteiger partial charge in [0.2, 0.25) is 5.91 Å². The van der Waals surface area contributed by atoms with Gasteiger partial charge in [0.25, 0.3) is 0 Å². The zero-order valence-corrected chi connectivity index (χ0v) is 26.6. The molecule has 5 heterocycles. The number of nitrogen functional groups attached to an aromatic ring is 1. The summed E-state index contributed by atoms with van der Waals surface area (Å²) in [7, 11) is 0. The third-order valence-electron chi connectivity index (χ3n) is 10.0. The Labute approximate surface area is 259 Å². The monoisotopic (exact) mass is 611 g/mol. The lowest BCUT2D eigenvalue weighted by Gasteiger charge is -2.36. The van der Waals surface area contributed by atoms with Crippen LogP contribution in [0.15, 0.2) is 6.07 Å². The number of thiophene rings is 1. The van der Waals surface area contributed by atoms with Crippen molar-refractivity contribution in [1.29, 1.82) is 0 Å². The number of nitrogens with two attached hydrogens (primary N) is 1. The Hall–Kier alpha value is -2.27. The molecule has 1 aliphatic carbocycles. The largest absolute Gasteiger partial charge is 0.394 e. The smallest absolute Gasteiger partial charge is 0.225 e. The van der Waals surface area contributed by atoms with Gasteiger partial charge in [-0.15, -0.1) is 11.3 Å². The number of aliphatic hydroxyl groups is 1. The van der Waals surface area contributed by atoms with Crippen molar-refractivity contribution in [3.8, 4) is 0 Å². The number of anilines is 1. The first-order valence-corrected chi connectivity index (χ1v) is 17.5. The van der Waals surface area contributed by atoms with Crippen molar-refractivity contribution >= 4 is 44.3 Å². The molecule has 0 aromatic carbocycles. The van der Waals surface area contributed by atoms with Crippen molar-refractivity contribution in [3.05, 3.63) is 16.8 Å². The summed E-state index contributed by atoms with van der Waals surface area (Å²) < 4.78 is 14.9. The molecular weight excluding hydrogens is 562 g/mol. The molecule has 10 heteroatoms. The van der Waals surface area contributed by atoms with Crippen LogP contribution in [-0.4, -0.2) is 76.6 Å². The summed E-state index contributed by atoms with van der Waals surface area (Å²) in [5.41, 5.74) is 9.56. The molecule has 236 valence electrons. The van der Waals surface area contributed by atoms with E-state index in [2.05, 4.69) is 22.5 Å². The standard InChI is InChI=1S/C33H49N5O4S/c1-2-3-4-28-36-29-30(38(28)20-22-11-16-41-17-12-22)31-26(35-32(29)34)19-27(43-31)24-9-13-37(14-10-24)33(40)25-7-5-23(6-8-25)21-42-18-15-39/h19,22-25,39H,2-18,20-21H2,1H3,(H2,34,35). The van der Waals surface area contributed by atoms with E-state index < -0.39 is 0 Å². The third-order valence-corrected chi connectivity index (χ3v) is 11.3. The predicted octanol–water partition coefficient (Wildman–Crippen LogP) is 5.52. The van der Waals surface area contributed by atoms with Crippen molar-refractivity contribution < 1.29 is 19.4 Å². The van der Waals surface area contributed by atoms with Crippen LogP contribution < -0.4 is 5.73 Å². The van der Waals surface area contributed by atoms with Crippen LogP contribution in [-0.2, 0) is 27.2 Å². The van der Waals surface area contributed by atoms with E-state index in [1.165, 1.54) is 15.1 Å². The zero-order valence-electron chi connectivity index (χ0n) is 25.8. The normalized spacial score (nSPS) is 22.6. The van der Waals surface area contributed by atoms with Crippen molar-refractivity contribution in [3.63, 3.8) is 0 Å². The van der Waals surface area contributed by atoms with Crippen molar-refractivity contribution in [2.24, 2.45) is 17.8 Å². The number of fused-ring (bicyclic) bond motifs is 3. The van der Waals surface area contributed by atoms with Gasteiger partial charge in [-0.3, -0.25) is 4.79 Å². The number of piperidine rings is 1. The fourth-order valence-corrected chi connectivity index (χ4v) is 8.71. The summed E-state index contributed by atoms with van der Waals surface area (Å²) >= 11 is 1.87. The average Bonchev–Trinajstić information content (AvgIpc) is 3.62. The van der Waals surface area contributed by atoms with Crippen molar-refractivity contribution in [1.82, 2.24) is 19.4 Å². The van der Waals surface area contributed by atoms with Crippen LogP contribution in [0.25, 0.3) is 21.3 Å². The molecule has 43 heavy (non-hydrogen) atoms. The fourth-order valence-electron chi connectivity index (χ4n) is 7.39. The fraction of sp³-hybridized carbons (Fsp3) is 0.727. The molecule has 1 saturated carbocycles. The Morgan fingerprint density at radius 3 is 2.58 bits per heavy atom. The van der Waals surface area contributed by atoms with Crippen LogP contribution in [0.2, 0.25) is 0 Å². The minimum Gasteiger partial charge on any atom is -0.394 e. The zero-order chi connectivity index (χ0) is 29.8. The molecule has 6 rings (SSSR count). The van der Waals surface area contributed by atoms with Gasteiger partial charge in [-0.25, -0.2) is 9.97 Å². The Kier molecular flexibility index (Phi) is 10.2. The maximum Gasteiger partial charge on any atom is 0.225 e. The van der Waals surface area contributed by atoms with Gasteiger partial charge in [0.05, 0.1) is 28.9 Å². The molecule has 3 N–H and O–H groups in total. The van der Waals surface area contributed by atoms with E-state index in [-0.39, 0.29) is 12.5 Å². The van der Waals surface area contributed by atoms with E-state index in [1.54, 1.807) is 0 Å². The molecule has 3 fully saturated rings. The van der Waals surface area contributed by atoms with E-state index >= 15 is 0 Å². The first kappa shape index (κ1) is 30.7. The van der Waals surface area contributed by atoms with Crippen LogP contribution in [0.5, 0.6) is 0 Å². The predicted molar refractivity (Wildman–Crippen MR) is 171 cm³/mol. The summed E-state index contributed by atoms with van der Waals surface area (Å²) in [5.74, 6) is 3.70. The molecule has 2 aliphatic heterocycles. The average molecular weight is 612 g/mol. The Morgan fingerprint density at radius 2 is 1.86 bits per heavy atom. The molecule has 0 atom stereocenters. The van der Waals surface area contributed by atoms with Crippen LogP contribution >= 0.6 is 11.3 Å². The molecule has 3 aromatic heterocycles. The summed E-state index contributed by atoms with van der Waals surface area (Å²) in [6.45, 7) is 7.69. The number of hydrogen-bond acceptors (Lipinski definition) is 8. The summed E-state index contributed by atoms with van der Waals surface area (Å²) in [6, 6.07) is 2.26. The first-order chi connectivity index (χ1) is 21.1. The lowest BCUT2D eigenvalue weighted by atomic mass is 9.81. The highest BCUT2D eigenvalue weighted by Gasteiger charge is 2.33. The van der Waals surface area contributed by atoms with Crippen LogP contribution in [0.3, 0.4) is 0 Å². The van der Waals surface area contributed by atoms with E-state index in [0.717, 1.165) is 120 Å². The second kappa shape index (κ2) is 14.2. The summed E-state index contributed by atoms with van der Waals surface area (Å²) in [4.78, 5) is 26.8. The van der Waals surface area contributed by atoms with Crippen LogP contribution in [0.4, 0.5) is 5.82 Å². The second-order valence-corrected chi connectivity index (χ2v) is 14.1. The minimum atomic E-state index is 0.0709. The molecular formula is C33H49N5O4S. The van der Waals surface area contributed by atoms with E-state index in [4.69, 9.17) is 30.3 Å². The van der Waals surface area contributed by atoms with Gasteiger partial charge in [-0.1, -0.05) is 13.3 Å².